The molecule has 4 heterocycles. The molecule has 0 radical (unpaired) electrons. The van der Waals surface area contributed by atoms with Crippen molar-refractivity contribution in [3.05, 3.63) is 72.1 Å². The number of carbonyl (C=O) groups excluding carboxylic acids is 3. The Labute approximate surface area is 320 Å². The number of amides is 3. The van der Waals surface area contributed by atoms with Gasteiger partial charge in [0, 0.05) is 67.3 Å². The lowest BCUT2D eigenvalue weighted by Gasteiger charge is -2.36. The molecule has 1 saturated heterocycles. The number of ether oxygens (including phenoxy) is 1. The van der Waals surface area contributed by atoms with E-state index >= 15 is 4.39 Å². The van der Waals surface area contributed by atoms with Gasteiger partial charge in [0.2, 0.25) is 5.91 Å². The minimum absolute atomic E-state index is 0.146. The molecule has 2 atom stereocenters. The molecule has 0 bridgehead atoms. The van der Waals surface area contributed by atoms with Crippen LogP contribution in [0.25, 0.3) is 17.0 Å². The molecule has 0 spiro atoms. The Kier molecular flexibility index (Phi) is 10.6. The van der Waals surface area contributed by atoms with Crippen molar-refractivity contribution in [3.63, 3.8) is 0 Å². The Morgan fingerprint density at radius 2 is 1.82 bits per heavy atom. The van der Waals surface area contributed by atoms with Crippen molar-refractivity contribution in [1.82, 2.24) is 30.1 Å². The predicted octanol–water partition coefficient (Wildman–Crippen LogP) is 4.95. The zero-order chi connectivity index (χ0) is 39.0. The van der Waals surface area contributed by atoms with E-state index in [0.29, 0.717) is 33.7 Å². The Hall–Kier alpha value is -5.34. The molecule has 3 N–H and O–H groups in total. The zero-order valence-electron chi connectivity index (χ0n) is 32.4. The number of fused-ring (bicyclic) bond motifs is 2. The SMILES string of the molecule is CN[C@@H](C)C(=O)N[C@H](C(=O)N(C(=O)C1=Cc2cccn2C1)c1cc2c(Nc3ccc(N4CCN(CC5CC5)CC4)c(F)c3)ncnc2cc1OC)C(C)(C)C. The van der Waals surface area contributed by atoms with Crippen molar-refractivity contribution in [3.8, 4) is 5.75 Å². The van der Waals surface area contributed by atoms with E-state index in [-0.39, 0.29) is 23.8 Å². The van der Waals surface area contributed by atoms with Crippen molar-refractivity contribution in [2.75, 3.05) is 62.0 Å². The van der Waals surface area contributed by atoms with E-state index in [0.717, 1.165) is 49.2 Å². The lowest BCUT2D eigenvalue weighted by Crippen LogP contribution is -2.58. The Bertz CT molecular complexity index is 2130. The fourth-order valence-corrected chi connectivity index (χ4v) is 7.21. The van der Waals surface area contributed by atoms with Crippen molar-refractivity contribution in [2.24, 2.45) is 11.3 Å². The molecule has 55 heavy (non-hydrogen) atoms. The van der Waals surface area contributed by atoms with Crippen molar-refractivity contribution in [2.45, 2.75) is 59.2 Å². The average molecular weight is 752 g/mol. The zero-order valence-corrected chi connectivity index (χ0v) is 32.4. The van der Waals surface area contributed by atoms with Crippen molar-refractivity contribution in [1.29, 1.82) is 0 Å². The largest absolute Gasteiger partial charge is 0.494 e. The molecular weight excluding hydrogens is 702 g/mol. The van der Waals surface area contributed by atoms with Crippen LogP contribution in [0.4, 0.5) is 27.3 Å². The highest BCUT2D eigenvalue weighted by atomic mass is 19.1. The van der Waals surface area contributed by atoms with Crippen LogP contribution in [0, 0.1) is 17.2 Å². The van der Waals surface area contributed by atoms with Crippen LogP contribution in [0.15, 0.2) is 60.6 Å². The molecule has 3 aliphatic rings. The maximum Gasteiger partial charge on any atom is 0.263 e. The summed E-state index contributed by atoms with van der Waals surface area (Å²) in [5.74, 6) is -0.552. The fraction of sp³-hybridized carbons (Fsp3) is 0.439. The molecule has 3 amide bonds. The first kappa shape index (κ1) is 38.0. The third-order valence-corrected chi connectivity index (χ3v) is 10.8. The number of anilines is 4. The lowest BCUT2D eigenvalue weighted by atomic mass is 9.85. The molecule has 0 unspecified atom stereocenters. The predicted molar refractivity (Wildman–Crippen MR) is 212 cm³/mol. The average Bonchev–Trinajstić information content (AvgIpc) is 3.71. The van der Waals surface area contributed by atoms with Gasteiger partial charge in [-0.1, -0.05) is 20.8 Å². The van der Waals surface area contributed by atoms with Gasteiger partial charge in [-0.15, -0.1) is 0 Å². The van der Waals surface area contributed by atoms with Crippen LogP contribution in [0.3, 0.4) is 0 Å². The van der Waals surface area contributed by atoms with Crippen LogP contribution in [-0.4, -0.2) is 96.1 Å². The molecule has 2 aromatic carbocycles. The number of carbonyl (C=O) groups is 3. The number of piperazine rings is 1. The monoisotopic (exact) mass is 751 g/mol. The number of rotatable bonds is 12. The maximum atomic E-state index is 15.7. The normalized spacial score (nSPS) is 17.0. The second kappa shape index (κ2) is 15.4. The van der Waals surface area contributed by atoms with Gasteiger partial charge in [-0.2, -0.15) is 0 Å². The van der Waals surface area contributed by atoms with Crippen LogP contribution in [0.2, 0.25) is 0 Å². The Morgan fingerprint density at radius 1 is 1.05 bits per heavy atom. The topological polar surface area (TPSA) is 137 Å². The van der Waals surface area contributed by atoms with E-state index < -0.39 is 35.2 Å². The molecular formula is C41H50FN9O4. The van der Waals surface area contributed by atoms with E-state index in [1.807, 2.05) is 49.7 Å². The van der Waals surface area contributed by atoms with E-state index in [9.17, 15) is 14.4 Å². The highest BCUT2D eigenvalue weighted by Gasteiger charge is 2.41. The molecule has 1 aliphatic carbocycles. The van der Waals surface area contributed by atoms with E-state index in [2.05, 4.69) is 35.7 Å². The third kappa shape index (κ3) is 8.06. The van der Waals surface area contributed by atoms with Gasteiger partial charge in [-0.3, -0.25) is 19.3 Å². The van der Waals surface area contributed by atoms with Crippen LogP contribution in [0.1, 0.15) is 46.2 Å². The van der Waals surface area contributed by atoms with Crippen molar-refractivity contribution < 1.29 is 23.5 Å². The van der Waals surface area contributed by atoms with Gasteiger partial charge >= 0.3 is 0 Å². The number of hydrogen-bond donors (Lipinski definition) is 3. The summed E-state index contributed by atoms with van der Waals surface area (Å²) in [4.78, 5) is 57.4. The van der Waals surface area contributed by atoms with Crippen LogP contribution in [0.5, 0.6) is 5.75 Å². The summed E-state index contributed by atoms with van der Waals surface area (Å²) in [5, 5.41) is 9.51. The van der Waals surface area contributed by atoms with E-state index in [1.54, 1.807) is 38.2 Å². The number of imide groups is 1. The minimum atomic E-state index is -1.10. The summed E-state index contributed by atoms with van der Waals surface area (Å²) in [5.41, 5.74) is 2.07. The number of hydrogen-bond acceptors (Lipinski definition) is 10. The summed E-state index contributed by atoms with van der Waals surface area (Å²) >= 11 is 0. The molecule has 7 rings (SSSR count). The number of aromatic nitrogens is 3. The second-order valence-electron chi connectivity index (χ2n) is 15.8. The number of methoxy groups -OCH3 is 1. The highest BCUT2D eigenvalue weighted by molar-refractivity contribution is 6.25. The molecule has 13 nitrogen and oxygen atoms in total. The van der Waals surface area contributed by atoms with E-state index in [1.165, 1.54) is 32.3 Å². The van der Waals surface area contributed by atoms with Gasteiger partial charge in [0.1, 0.15) is 29.8 Å². The smallest absolute Gasteiger partial charge is 0.263 e. The third-order valence-electron chi connectivity index (χ3n) is 10.8. The van der Waals surface area contributed by atoms with Crippen molar-refractivity contribution >= 4 is 57.6 Å². The number of nitrogens with zero attached hydrogens (tertiary/aromatic N) is 6. The molecule has 14 heteroatoms. The second-order valence-corrected chi connectivity index (χ2v) is 15.8. The van der Waals surface area contributed by atoms with Gasteiger partial charge in [-0.25, -0.2) is 19.3 Å². The summed E-state index contributed by atoms with van der Waals surface area (Å²) in [6.45, 7) is 11.9. The van der Waals surface area contributed by atoms with Gasteiger partial charge in [0.25, 0.3) is 11.8 Å². The summed E-state index contributed by atoms with van der Waals surface area (Å²) in [6, 6.07) is 10.4. The summed E-state index contributed by atoms with van der Waals surface area (Å²) < 4.78 is 23.4. The first-order chi connectivity index (χ1) is 26.3. The first-order valence-electron chi connectivity index (χ1n) is 18.9. The van der Waals surface area contributed by atoms with Gasteiger partial charge in [0.05, 0.1) is 36.6 Å². The number of benzene rings is 2. The van der Waals surface area contributed by atoms with Crippen LogP contribution < -0.4 is 30.5 Å². The lowest BCUT2D eigenvalue weighted by molar-refractivity contribution is -0.133. The number of halogens is 1. The Balaban J connectivity index is 1.23. The standard InChI is InChI=1S/C41H50FN9O4/c1-25(43-5)38(52)47-36(41(2,3)4)40(54)51(39(53)27-18-29-8-7-13-50(29)23-27)34-20-30-32(21-35(34)55-6)44-24-45-37(30)46-28-11-12-33(31(42)19-28)49-16-14-48(15-17-49)22-26-9-10-26/h7-8,11-13,18-21,24-26,36,43H,9-10,14-17,22-23H2,1-6H3,(H,47,52)(H,44,45,46)/t25-,36+/m0/s1. The molecule has 2 aliphatic heterocycles. The molecule has 4 aromatic rings. The first-order valence-corrected chi connectivity index (χ1v) is 18.9. The highest BCUT2D eigenvalue weighted by Crippen LogP contribution is 2.39. The van der Waals surface area contributed by atoms with Crippen LogP contribution in [-0.2, 0) is 20.9 Å². The summed E-state index contributed by atoms with van der Waals surface area (Å²) in [7, 11) is 3.11. The minimum Gasteiger partial charge on any atom is -0.494 e. The summed E-state index contributed by atoms with van der Waals surface area (Å²) in [6.07, 6.45) is 7.64. The van der Waals surface area contributed by atoms with Gasteiger partial charge in [-0.05, 0) is 80.6 Å². The molecule has 1 saturated carbocycles. The number of likely N-dealkylation sites (N-methyl/N-ethyl adjacent to an activating group) is 1. The number of nitrogens with one attached hydrogen (secondary N) is 3. The van der Waals surface area contributed by atoms with Gasteiger partial charge < -0.3 is 30.2 Å². The molecule has 290 valence electrons. The Morgan fingerprint density at radius 3 is 2.47 bits per heavy atom. The van der Waals surface area contributed by atoms with Crippen LogP contribution >= 0.6 is 0 Å². The van der Waals surface area contributed by atoms with E-state index in [4.69, 9.17) is 4.74 Å². The maximum absolute atomic E-state index is 15.7. The quantitative estimate of drug-likeness (QED) is 0.183. The molecule has 2 fully saturated rings. The van der Waals surface area contributed by atoms with Gasteiger partial charge in [0.15, 0.2) is 0 Å². The molecule has 2 aromatic heterocycles. The fourth-order valence-electron chi connectivity index (χ4n) is 7.21.